The Bertz CT molecular complexity index is 553. The lowest BCUT2D eigenvalue weighted by Crippen LogP contribution is -2.58. The highest BCUT2D eigenvalue weighted by molar-refractivity contribution is 7.10. The number of hydrogen-bond donors (Lipinski definition) is 0. The zero-order valence-electron chi connectivity index (χ0n) is 12.4. The quantitative estimate of drug-likeness (QED) is 0.792. The fourth-order valence-electron chi connectivity index (χ4n) is 2.64. The van der Waals surface area contributed by atoms with Gasteiger partial charge in [0.1, 0.15) is 5.60 Å². The van der Waals surface area contributed by atoms with Crippen molar-refractivity contribution < 1.29 is 9.53 Å². The largest absolute Gasteiger partial charge is 0.444 e. The predicted octanol–water partition coefficient (Wildman–Crippen LogP) is 2.78. The van der Waals surface area contributed by atoms with Crippen molar-refractivity contribution in [2.24, 2.45) is 0 Å². The van der Waals surface area contributed by atoms with Crippen LogP contribution in [-0.4, -0.2) is 51.1 Å². The number of anilines is 1. The Hall–Kier alpha value is -1.08. The maximum Gasteiger partial charge on any atom is 0.410 e. The summed E-state index contributed by atoms with van der Waals surface area (Å²) in [6.07, 6.45) is 1.81. The van der Waals surface area contributed by atoms with E-state index in [1.807, 2.05) is 25.7 Å². The SMILES string of the molecule is CC(C)(C)OC(=O)N1CCN(c2nc(Cl)ns2)CC12CC2. The molecule has 6 nitrogen and oxygen atoms in total. The minimum absolute atomic E-state index is 0.0985. The fraction of sp³-hybridized carbons (Fsp3) is 0.769. The number of hydrogen-bond acceptors (Lipinski definition) is 6. The zero-order chi connectivity index (χ0) is 15.3. The van der Waals surface area contributed by atoms with Crippen molar-refractivity contribution in [3.8, 4) is 0 Å². The maximum absolute atomic E-state index is 12.4. The summed E-state index contributed by atoms with van der Waals surface area (Å²) < 4.78 is 9.53. The summed E-state index contributed by atoms with van der Waals surface area (Å²) in [6.45, 7) is 7.83. The monoisotopic (exact) mass is 330 g/mol. The van der Waals surface area contributed by atoms with Crippen molar-refractivity contribution in [3.63, 3.8) is 0 Å². The van der Waals surface area contributed by atoms with E-state index in [-0.39, 0.29) is 16.9 Å². The molecule has 0 N–H and O–H groups in total. The van der Waals surface area contributed by atoms with E-state index < -0.39 is 5.60 Å². The molecular formula is C13H19ClN4O2S. The molecule has 3 rings (SSSR count). The number of aromatic nitrogens is 2. The van der Waals surface area contributed by atoms with Crippen molar-refractivity contribution in [1.82, 2.24) is 14.3 Å². The van der Waals surface area contributed by atoms with Crippen LogP contribution in [-0.2, 0) is 4.74 Å². The Labute approximate surface area is 133 Å². The first kappa shape index (κ1) is 14.8. The minimum atomic E-state index is -0.461. The molecule has 0 unspecified atom stereocenters. The molecular weight excluding hydrogens is 312 g/mol. The maximum atomic E-state index is 12.4. The molecule has 1 aromatic rings. The van der Waals surface area contributed by atoms with Crippen LogP contribution in [0.4, 0.5) is 9.93 Å². The summed E-state index contributed by atoms with van der Waals surface area (Å²) in [6, 6.07) is 0. The normalized spacial score (nSPS) is 20.8. The second-order valence-electron chi connectivity index (χ2n) is 6.62. The number of carbonyl (C=O) groups is 1. The number of halogens is 1. The molecule has 0 radical (unpaired) electrons. The van der Waals surface area contributed by atoms with Crippen LogP contribution < -0.4 is 4.90 Å². The average molecular weight is 331 g/mol. The van der Waals surface area contributed by atoms with Crippen LogP contribution in [0.3, 0.4) is 0 Å². The predicted molar refractivity (Wildman–Crippen MR) is 82.0 cm³/mol. The Morgan fingerprint density at radius 2 is 2.10 bits per heavy atom. The number of rotatable bonds is 1. The Morgan fingerprint density at radius 3 is 2.62 bits per heavy atom. The molecule has 1 saturated heterocycles. The Kier molecular flexibility index (Phi) is 3.52. The van der Waals surface area contributed by atoms with E-state index in [0.29, 0.717) is 6.54 Å². The van der Waals surface area contributed by atoms with E-state index in [0.717, 1.165) is 31.1 Å². The van der Waals surface area contributed by atoms with Gasteiger partial charge in [-0.15, -0.1) is 0 Å². The van der Waals surface area contributed by atoms with Gasteiger partial charge in [-0.3, -0.25) is 4.90 Å². The van der Waals surface area contributed by atoms with Crippen molar-refractivity contribution in [2.75, 3.05) is 24.5 Å². The van der Waals surface area contributed by atoms with Gasteiger partial charge in [-0.05, 0) is 45.2 Å². The molecule has 0 bridgehead atoms. The van der Waals surface area contributed by atoms with Crippen LogP contribution in [0.2, 0.25) is 5.28 Å². The van der Waals surface area contributed by atoms with Crippen molar-refractivity contribution in [3.05, 3.63) is 5.28 Å². The Morgan fingerprint density at radius 1 is 1.38 bits per heavy atom. The number of carbonyl (C=O) groups excluding carboxylic acids is 1. The number of amides is 1. The van der Waals surface area contributed by atoms with Crippen molar-refractivity contribution in [2.45, 2.75) is 44.8 Å². The molecule has 1 spiro atoms. The summed E-state index contributed by atoms with van der Waals surface area (Å²) in [5, 5.41) is 1.12. The van der Waals surface area contributed by atoms with Crippen LogP contribution in [0.15, 0.2) is 0 Å². The highest BCUT2D eigenvalue weighted by atomic mass is 35.5. The standard InChI is InChI=1S/C13H19ClN4O2S/c1-12(2,3)20-11(19)18-7-6-17(8-13(18)4-5-13)10-15-9(14)16-21-10/h4-8H2,1-3H3. The summed E-state index contributed by atoms with van der Waals surface area (Å²) in [4.78, 5) is 20.6. The lowest BCUT2D eigenvalue weighted by molar-refractivity contribution is 0.0106. The summed E-state index contributed by atoms with van der Waals surface area (Å²) in [5.41, 5.74) is -0.560. The Balaban J connectivity index is 1.70. The van der Waals surface area contributed by atoms with Crippen LogP contribution in [0.5, 0.6) is 0 Å². The molecule has 1 aliphatic heterocycles. The molecule has 2 fully saturated rings. The summed E-state index contributed by atoms with van der Waals surface area (Å²) in [7, 11) is 0. The van der Waals surface area contributed by atoms with E-state index in [9.17, 15) is 4.79 Å². The van der Waals surface area contributed by atoms with Gasteiger partial charge >= 0.3 is 6.09 Å². The van der Waals surface area contributed by atoms with E-state index in [1.54, 1.807) is 0 Å². The second-order valence-corrected chi connectivity index (χ2v) is 7.69. The van der Waals surface area contributed by atoms with Gasteiger partial charge in [-0.1, -0.05) is 0 Å². The van der Waals surface area contributed by atoms with Gasteiger partial charge in [-0.2, -0.15) is 9.36 Å². The van der Waals surface area contributed by atoms with E-state index >= 15 is 0 Å². The number of nitrogens with zero attached hydrogens (tertiary/aromatic N) is 4. The van der Waals surface area contributed by atoms with Crippen LogP contribution >= 0.6 is 23.1 Å². The first-order chi connectivity index (χ1) is 9.79. The molecule has 1 aliphatic carbocycles. The smallest absolute Gasteiger partial charge is 0.410 e. The van der Waals surface area contributed by atoms with Crippen molar-refractivity contribution >= 4 is 34.4 Å². The van der Waals surface area contributed by atoms with Crippen LogP contribution in [0.1, 0.15) is 33.6 Å². The van der Waals surface area contributed by atoms with Crippen LogP contribution in [0, 0.1) is 0 Å². The fourth-order valence-corrected chi connectivity index (χ4v) is 3.47. The molecule has 1 aromatic heterocycles. The van der Waals surface area contributed by atoms with E-state index in [2.05, 4.69) is 14.3 Å². The lowest BCUT2D eigenvalue weighted by Gasteiger charge is -2.42. The highest BCUT2D eigenvalue weighted by Crippen LogP contribution is 2.45. The van der Waals surface area contributed by atoms with Gasteiger partial charge in [-0.25, -0.2) is 4.79 Å². The minimum Gasteiger partial charge on any atom is -0.444 e. The van der Waals surface area contributed by atoms with Gasteiger partial charge in [0, 0.05) is 31.2 Å². The molecule has 2 heterocycles. The van der Waals surface area contributed by atoms with Gasteiger partial charge in [0.2, 0.25) is 10.4 Å². The molecule has 2 aliphatic rings. The first-order valence-corrected chi connectivity index (χ1v) is 8.19. The van der Waals surface area contributed by atoms with Gasteiger partial charge in [0.25, 0.3) is 0 Å². The van der Waals surface area contributed by atoms with Gasteiger partial charge in [0.15, 0.2) is 0 Å². The van der Waals surface area contributed by atoms with Crippen molar-refractivity contribution in [1.29, 1.82) is 0 Å². The highest BCUT2D eigenvalue weighted by Gasteiger charge is 2.54. The molecule has 0 aromatic carbocycles. The molecule has 1 amide bonds. The van der Waals surface area contributed by atoms with Gasteiger partial charge < -0.3 is 9.64 Å². The average Bonchev–Trinajstić information content (AvgIpc) is 2.97. The van der Waals surface area contributed by atoms with Gasteiger partial charge in [0.05, 0.1) is 5.54 Å². The number of piperazine rings is 1. The molecule has 1 saturated carbocycles. The topological polar surface area (TPSA) is 58.6 Å². The molecule has 116 valence electrons. The zero-order valence-corrected chi connectivity index (χ0v) is 14.0. The summed E-state index contributed by atoms with van der Waals surface area (Å²) >= 11 is 7.10. The number of ether oxygens (including phenoxy) is 1. The third-order valence-electron chi connectivity index (χ3n) is 3.75. The summed E-state index contributed by atoms with van der Waals surface area (Å²) in [5.74, 6) is 0. The van der Waals surface area contributed by atoms with E-state index in [1.165, 1.54) is 11.5 Å². The molecule has 21 heavy (non-hydrogen) atoms. The van der Waals surface area contributed by atoms with E-state index in [4.69, 9.17) is 16.3 Å². The molecule has 0 atom stereocenters. The second kappa shape index (κ2) is 4.98. The molecule has 8 heteroatoms. The third kappa shape index (κ3) is 3.08. The lowest BCUT2D eigenvalue weighted by atomic mass is 10.1. The first-order valence-electron chi connectivity index (χ1n) is 7.04. The third-order valence-corrected chi connectivity index (χ3v) is 4.80. The van der Waals surface area contributed by atoms with Crippen LogP contribution in [0.25, 0.3) is 0 Å².